The van der Waals surface area contributed by atoms with Crippen LogP contribution in [-0.4, -0.2) is 11.6 Å². The molecule has 62 heavy (non-hydrogen) atoms. The van der Waals surface area contributed by atoms with Crippen LogP contribution in [0.4, 0.5) is 11.4 Å². The van der Waals surface area contributed by atoms with Gasteiger partial charge in [-0.15, -0.1) is 0 Å². The largest absolute Gasteiger partial charge is 0.289 e. The number of aryl methyl sites for hydroxylation is 2. The summed E-state index contributed by atoms with van der Waals surface area (Å²) in [5.74, 6) is 0.182. The summed E-state index contributed by atoms with van der Waals surface area (Å²) in [6, 6.07) is 29.5. The zero-order chi connectivity index (χ0) is 45.4. The Balaban J connectivity index is 1.44. The third kappa shape index (κ3) is 10.5. The van der Waals surface area contributed by atoms with Crippen molar-refractivity contribution < 1.29 is 9.59 Å². The molecule has 4 aromatic carbocycles. The Bertz CT molecular complexity index is 2400. The maximum atomic E-state index is 13.5. The summed E-state index contributed by atoms with van der Waals surface area (Å²) in [7, 11) is 0. The van der Waals surface area contributed by atoms with E-state index in [-0.39, 0.29) is 33.2 Å². The van der Waals surface area contributed by atoms with E-state index in [9.17, 15) is 9.59 Å². The van der Waals surface area contributed by atoms with Gasteiger partial charge in [0, 0.05) is 22.3 Å². The van der Waals surface area contributed by atoms with Gasteiger partial charge in [0.25, 0.3) is 0 Å². The molecule has 6 nitrogen and oxygen atoms in total. The quantitative estimate of drug-likeness (QED) is 0.174. The fourth-order valence-corrected chi connectivity index (χ4v) is 7.61. The molecule has 0 saturated heterocycles. The second kappa shape index (κ2) is 17.3. The van der Waals surface area contributed by atoms with Crippen LogP contribution >= 0.6 is 0 Å². The van der Waals surface area contributed by atoms with Gasteiger partial charge < -0.3 is 0 Å². The van der Waals surface area contributed by atoms with Gasteiger partial charge in [-0.2, -0.15) is 20.5 Å². The first-order valence-electron chi connectivity index (χ1n) is 21.5. The predicted octanol–water partition coefficient (Wildman–Crippen LogP) is 16.3. The molecular formula is C56H62N4O2. The van der Waals surface area contributed by atoms with E-state index in [0.29, 0.717) is 11.4 Å². The molecule has 0 saturated carbocycles. The lowest BCUT2D eigenvalue weighted by molar-refractivity contribution is -0.114. The maximum absolute atomic E-state index is 13.5. The van der Waals surface area contributed by atoms with E-state index in [0.717, 1.165) is 66.8 Å². The van der Waals surface area contributed by atoms with Crippen molar-refractivity contribution in [3.05, 3.63) is 166 Å². The van der Waals surface area contributed by atoms with Gasteiger partial charge >= 0.3 is 0 Å². The molecule has 6 heteroatoms. The van der Waals surface area contributed by atoms with Gasteiger partial charge in [-0.05, 0) is 129 Å². The Morgan fingerprint density at radius 3 is 0.952 bits per heavy atom. The highest BCUT2D eigenvalue weighted by Gasteiger charge is 2.35. The Kier molecular flexibility index (Phi) is 12.7. The second-order valence-corrected chi connectivity index (χ2v) is 20.8. The van der Waals surface area contributed by atoms with E-state index in [1.54, 1.807) is 12.4 Å². The van der Waals surface area contributed by atoms with Gasteiger partial charge in [0.2, 0.25) is 0 Å². The van der Waals surface area contributed by atoms with E-state index in [4.69, 9.17) is 10.2 Å². The highest BCUT2D eigenvalue weighted by atomic mass is 16.1. The average Bonchev–Trinajstić information content (AvgIpc) is 3.18. The number of allylic oxidation sites excluding steroid dienone is 10. The first kappa shape index (κ1) is 45.4. The third-order valence-corrected chi connectivity index (χ3v) is 11.2. The summed E-state index contributed by atoms with van der Waals surface area (Å²) in [6.45, 7) is 29.0. The van der Waals surface area contributed by atoms with Crippen LogP contribution in [0.5, 0.6) is 0 Å². The van der Waals surface area contributed by atoms with Crippen molar-refractivity contribution in [2.24, 2.45) is 42.1 Å². The normalized spacial score (nSPS) is 15.5. The monoisotopic (exact) mass is 822 g/mol. The number of Topliss-reactive ketones (excluding diaryl/α,β-unsaturated/α-hetero) is 2. The molecule has 0 aliphatic heterocycles. The lowest BCUT2D eigenvalue weighted by Gasteiger charge is -2.31. The first-order valence-corrected chi connectivity index (χ1v) is 21.5. The van der Waals surface area contributed by atoms with Crippen molar-refractivity contribution in [1.29, 1.82) is 0 Å². The van der Waals surface area contributed by atoms with Gasteiger partial charge in [-0.3, -0.25) is 9.59 Å². The molecule has 0 radical (unpaired) electrons. The van der Waals surface area contributed by atoms with Crippen molar-refractivity contribution in [2.75, 3.05) is 0 Å². The molecule has 0 spiro atoms. The zero-order valence-corrected chi connectivity index (χ0v) is 39.2. The number of carbonyl (C=O) groups is 2. The van der Waals surface area contributed by atoms with Crippen LogP contribution < -0.4 is 0 Å². The molecule has 6 rings (SSSR count). The van der Waals surface area contributed by atoms with Crippen molar-refractivity contribution in [1.82, 2.24) is 0 Å². The summed E-state index contributed by atoms with van der Waals surface area (Å²) >= 11 is 0. The second-order valence-electron chi connectivity index (χ2n) is 20.8. The average molecular weight is 823 g/mol. The van der Waals surface area contributed by atoms with Crippen LogP contribution in [-0.2, 0) is 9.59 Å². The Labute approximate surface area is 369 Å². The maximum Gasteiger partial charge on any atom is 0.186 e. The third-order valence-electron chi connectivity index (χ3n) is 11.2. The minimum atomic E-state index is -0.313. The smallest absolute Gasteiger partial charge is 0.186 e. The molecule has 4 aromatic rings. The number of benzene rings is 4. The van der Waals surface area contributed by atoms with Crippen molar-refractivity contribution in [3.63, 3.8) is 0 Å². The van der Waals surface area contributed by atoms with Crippen LogP contribution in [0.25, 0.3) is 33.4 Å². The minimum Gasteiger partial charge on any atom is -0.289 e. The molecule has 0 amide bonds. The number of hydrogen-bond acceptors (Lipinski definition) is 6. The fourth-order valence-electron chi connectivity index (χ4n) is 7.61. The lowest BCUT2D eigenvalue weighted by Crippen LogP contribution is -2.27. The summed E-state index contributed by atoms with van der Waals surface area (Å²) < 4.78 is 0. The lowest BCUT2D eigenvalue weighted by atomic mass is 9.72. The van der Waals surface area contributed by atoms with Crippen molar-refractivity contribution >= 4 is 22.9 Å². The van der Waals surface area contributed by atoms with E-state index < -0.39 is 0 Å². The minimum absolute atomic E-state index is 0.0910. The van der Waals surface area contributed by atoms with E-state index in [1.807, 2.05) is 36.4 Å². The van der Waals surface area contributed by atoms with Crippen LogP contribution in [0.1, 0.15) is 94.2 Å². The van der Waals surface area contributed by atoms with Gasteiger partial charge in [0.1, 0.15) is 0 Å². The molecule has 2 aliphatic carbocycles. The summed E-state index contributed by atoms with van der Waals surface area (Å²) in [4.78, 5) is 27.0. The first-order chi connectivity index (χ1) is 28.9. The number of rotatable bonds is 7. The molecular weight excluding hydrogens is 761 g/mol. The Hall–Kier alpha value is -6.14. The number of azo groups is 2. The highest BCUT2D eigenvalue weighted by Crippen LogP contribution is 2.43. The SMILES string of the molecule is Cc1ccc(-c2cc(/N=N/C=C3C=C(C(C)(C)C)C(=O)C(C(C)(C)C)=C3)ccc2-c2ccc(/N=N/C=C3C=C(C(C)(C)C)C(=O)C(C(C)(C)C)=C3)cc2-c2ccc(C)cc2)cc1. The van der Waals surface area contributed by atoms with E-state index in [1.165, 1.54) is 11.1 Å². The number of hydrogen-bond donors (Lipinski definition) is 0. The summed E-state index contributed by atoms with van der Waals surface area (Å²) in [5.41, 5.74) is 13.5. The molecule has 0 bridgehead atoms. The molecule has 0 aromatic heterocycles. The molecule has 0 unspecified atom stereocenters. The number of ketones is 2. The van der Waals surface area contributed by atoms with Gasteiger partial charge in [-0.1, -0.05) is 155 Å². The summed E-state index contributed by atoms with van der Waals surface area (Å²) in [6.07, 6.45) is 11.3. The van der Waals surface area contributed by atoms with Crippen LogP contribution in [0.15, 0.2) is 176 Å². The Morgan fingerprint density at radius 1 is 0.387 bits per heavy atom. The van der Waals surface area contributed by atoms with Crippen molar-refractivity contribution in [2.45, 2.75) is 96.9 Å². The highest BCUT2D eigenvalue weighted by molar-refractivity contribution is 6.12. The van der Waals surface area contributed by atoms with E-state index >= 15 is 0 Å². The standard InChI is InChI=1S/C56H62N4O2/c1-35-15-19-39(20-16-35)45-31-41(59-57-33-37-27-47(53(3,4)5)51(61)48(28-37)54(6,7)8)23-25-43(45)44-26-24-42(32-46(44)40-21-17-36(2)18-22-40)60-58-34-38-29-49(55(9,10)11)52(62)50(30-38)56(12,13)14/h15-34H,1-14H3/b59-57+,60-58+. The molecule has 318 valence electrons. The van der Waals surface area contributed by atoms with Crippen LogP contribution in [0.2, 0.25) is 0 Å². The van der Waals surface area contributed by atoms with Gasteiger partial charge in [0.05, 0.1) is 23.8 Å². The fraction of sp³-hybridized carbons (Fsp3) is 0.321. The number of nitrogens with zero attached hydrogens (tertiary/aromatic N) is 4. The Morgan fingerprint density at radius 2 is 0.677 bits per heavy atom. The molecule has 0 atom stereocenters. The van der Waals surface area contributed by atoms with Gasteiger partial charge in [-0.25, -0.2) is 0 Å². The molecule has 2 aliphatic rings. The molecule has 0 heterocycles. The van der Waals surface area contributed by atoms with Crippen LogP contribution in [0, 0.1) is 35.5 Å². The predicted molar refractivity (Wildman–Crippen MR) is 258 cm³/mol. The summed E-state index contributed by atoms with van der Waals surface area (Å²) in [5, 5.41) is 18.5. The molecule has 0 N–H and O–H groups in total. The molecule has 0 fully saturated rings. The van der Waals surface area contributed by atoms with E-state index in [2.05, 4.69) is 180 Å². The number of carbonyl (C=O) groups excluding carboxylic acids is 2. The van der Waals surface area contributed by atoms with Crippen molar-refractivity contribution in [3.8, 4) is 33.4 Å². The topological polar surface area (TPSA) is 83.6 Å². The zero-order valence-electron chi connectivity index (χ0n) is 39.2. The van der Waals surface area contributed by atoms with Crippen LogP contribution in [0.3, 0.4) is 0 Å². The van der Waals surface area contributed by atoms with Gasteiger partial charge in [0.15, 0.2) is 11.6 Å².